The van der Waals surface area contributed by atoms with E-state index in [1.54, 1.807) is 7.11 Å². The summed E-state index contributed by atoms with van der Waals surface area (Å²) in [7, 11) is 1.75. The van der Waals surface area contributed by atoms with Gasteiger partial charge in [-0.1, -0.05) is 12.1 Å². The van der Waals surface area contributed by atoms with Crippen molar-refractivity contribution in [2.75, 3.05) is 20.2 Å². The number of aryl methyl sites for hydroxylation is 2. The Morgan fingerprint density at radius 1 is 1.17 bits per heavy atom. The zero-order chi connectivity index (χ0) is 12.3. The Balaban J connectivity index is 0.00000162. The highest BCUT2D eigenvalue weighted by Crippen LogP contribution is 2.27. The second-order valence-electron chi connectivity index (χ2n) is 5.16. The molecule has 1 aliphatic rings. The number of hydrogen-bond acceptors (Lipinski definition) is 2. The van der Waals surface area contributed by atoms with E-state index in [4.69, 9.17) is 4.74 Å². The van der Waals surface area contributed by atoms with Crippen molar-refractivity contribution in [3.8, 4) is 5.75 Å². The van der Waals surface area contributed by atoms with Crippen LogP contribution in [0.15, 0.2) is 12.1 Å². The van der Waals surface area contributed by atoms with Gasteiger partial charge in [0.1, 0.15) is 5.75 Å². The van der Waals surface area contributed by atoms with Gasteiger partial charge < -0.3 is 10.1 Å². The van der Waals surface area contributed by atoms with E-state index in [1.165, 1.54) is 49.0 Å². The van der Waals surface area contributed by atoms with Crippen LogP contribution in [0.1, 0.15) is 29.5 Å². The Morgan fingerprint density at radius 2 is 1.72 bits per heavy atom. The highest BCUT2D eigenvalue weighted by atomic mass is 35.5. The number of benzene rings is 1. The van der Waals surface area contributed by atoms with Gasteiger partial charge in [0.05, 0.1) is 7.11 Å². The summed E-state index contributed by atoms with van der Waals surface area (Å²) in [6, 6.07) is 4.57. The van der Waals surface area contributed by atoms with Gasteiger partial charge in [-0.2, -0.15) is 0 Å². The maximum absolute atomic E-state index is 5.41. The highest BCUT2D eigenvalue weighted by molar-refractivity contribution is 5.85. The highest BCUT2D eigenvalue weighted by Gasteiger charge is 2.14. The average Bonchev–Trinajstić information content (AvgIpc) is 2.30. The third kappa shape index (κ3) is 3.63. The molecule has 1 heterocycles. The van der Waals surface area contributed by atoms with Crippen LogP contribution < -0.4 is 10.1 Å². The lowest BCUT2D eigenvalue weighted by Gasteiger charge is -2.23. The minimum Gasteiger partial charge on any atom is -0.496 e. The van der Waals surface area contributed by atoms with Crippen molar-refractivity contribution in [3.05, 3.63) is 28.8 Å². The van der Waals surface area contributed by atoms with Gasteiger partial charge in [0.25, 0.3) is 0 Å². The van der Waals surface area contributed by atoms with Crippen LogP contribution in [0.3, 0.4) is 0 Å². The van der Waals surface area contributed by atoms with Gasteiger partial charge in [-0.05, 0) is 68.8 Å². The zero-order valence-corrected chi connectivity index (χ0v) is 12.4. The van der Waals surface area contributed by atoms with E-state index in [0.29, 0.717) is 0 Å². The summed E-state index contributed by atoms with van der Waals surface area (Å²) in [6.07, 6.45) is 3.83. The molecule has 3 heteroatoms. The summed E-state index contributed by atoms with van der Waals surface area (Å²) in [4.78, 5) is 0. The largest absolute Gasteiger partial charge is 0.496 e. The third-order valence-corrected chi connectivity index (χ3v) is 3.71. The van der Waals surface area contributed by atoms with E-state index in [-0.39, 0.29) is 12.4 Å². The molecule has 2 nitrogen and oxygen atoms in total. The summed E-state index contributed by atoms with van der Waals surface area (Å²) in [5.41, 5.74) is 3.99. The molecule has 0 spiro atoms. The molecular formula is C15H24ClNO. The number of hydrogen-bond donors (Lipinski definition) is 1. The summed E-state index contributed by atoms with van der Waals surface area (Å²) in [6.45, 7) is 6.63. The monoisotopic (exact) mass is 269 g/mol. The molecule has 1 aromatic rings. The maximum atomic E-state index is 5.41. The summed E-state index contributed by atoms with van der Waals surface area (Å²) in [5, 5.41) is 3.42. The third-order valence-electron chi connectivity index (χ3n) is 3.71. The molecule has 1 aliphatic heterocycles. The van der Waals surface area contributed by atoms with E-state index >= 15 is 0 Å². The van der Waals surface area contributed by atoms with Crippen molar-refractivity contribution in [2.24, 2.45) is 5.92 Å². The van der Waals surface area contributed by atoms with Gasteiger partial charge in [0.15, 0.2) is 0 Å². The fourth-order valence-electron chi connectivity index (χ4n) is 2.90. The molecule has 1 aromatic carbocycles. The average molecular weight is 270 g/mol. The predicted octanol–water partition coefficient (Wildman–Crippen LogP) is 3.28. The van der Waals surface area contributed by atoms with Gasteiger partial charge in [0.2, 0.25) is 0 Å². The zero-order valence-electron chi connectivity index (χ0n) is 11.6. The Labute approximate surface area is 117 Å². The lowest BCUT2D eigenvalue weighted by atomic mass is 9.89. The lowest BCUT2D eigenvalue weighted by Crippen LogP contribution is -2.28. The van der Waals surface area contributed by atoms with Crippen LogP contribution in [0.4, 0.5) is 0 Å². The minimum absolute atomic E-state index is 0. The molecule has 102 valence electrons. The van der Waals surface area contributed by atoms with Crippen LogP contribution in [0.5, 0.6) is 5.75 Å². The lowest BCUT2D eigenvalue weighted by molar-refractivity contribution is 0.372. The fourth-order valence-corrected chi connectivity index (χ4v) is 2.90. The molecule has 18 heavy (non-hydrogen) atoms. The van der Waals surface area contributed by atoms with Crippen molar-refractivity contribution < 1.29 is 4.74 Å². The van der Waals surface area contributed by atoms with E-state index in [0.717, 1.165) is 11.7 Å². The molecule has 0 aliphatic carbocycles. The van der Waals surface area contributed by atoms with Gasteiger partial charge in [-0.15, -0.1) is 12.4 Å². The molecule has 0 atom stereocenters. The van der Waals surface area contributed by atoms with Gasteiger partial charge in [-0.3, -0.25) is 0 Å². The molecule has 0 aromatic heterocycles. The summed E-state index contributed by atoms with van der Waals surface area (Å²) in [5.74, 6) is 1.89. The SMILES string of the molecule is COc1c(C)cc(CC2CCNCC2)cc1C.Cl. The van der Waals surface area contributed by atoms with Crippen LogP contribution >= 0.6 is 12.4 Å². The minimum atomic E-state index is 0. The van der Waals surface area contributed by atoms with E-state index in [2.05, 4.69) is 31.3 Å². The molecule has 0 saturated carbocycles. The number of halogens is 1. The van der Waals surface area contributed by atoms with Crippen LogP contribution in [-0.4, -0.2) is 20.2 Å². The normalized spacial score (nSPS) is 16.2. The molecule has 1 saturated heterocycles. The topological polar surface area (TPSA) is 21.3 Å². The molecule has 2 rings (SSSR count). The van der Waals surface area contributed by atoms with Crippen molar-refractivity contribution in [2.45, 2.75) is 33.1 Å². The quantitative estimate of drug-likeness (QED) is 0.909. The molecular weight excluding hydrogens is 246 g/mol. The van der Waals surface area contributed by atoms with Gasteiger partial charge in [-0.25, -0.2) is 0 Å². The Bertz CT molecular complexity index is 363. The Kier molecular flexibility index (Phi) is 5.97. The first-order chi connectivity index (χ1) is 8.20. The van der Waals surface area contributed by atoms with E-state index < -0.39 is 0 Å². The molecule has 1 N–H and O–H groups in total. The molecule has 0 unspecified atom stereocenters. The summed E-state index contributed by atoms with van der Waals surface area (Å²) >= 11 is 0. The number of ether oxygens (including phenoxy) is 1. The van der Waals surface area contributed by atoms with Gasteiger partial charge >= 0.3 is 0 Å². The molecule has 0 bridgehead atoms. The van der Waals surface area contributed by atoms with Crippen LogP contribution in [0.2, 0.25) is 0 Å². The molecule has 0 radical (unpaired) electrons. The number of methoxy groups -OCH3 is 1. The summed E-state index contributed by atoms with van der Waals surface area (Å²) < 4.78 is 5.41. The fraction of sp³-hybridized carbons (Fsp3) is 0.600. The van der Waals surface area contributed by atoms with Crippen LogP contribution in [-0.2, 0) is 6.42 Å². The first-order valence-corrected chi connectivity index (χ1v) is 6.55. The van der Waals surface area contributed by atoms with Crippen molar-refractivity contribution in [3.63, 3.8) is 0 Å². The smallest absolute Gasteiger partial charge is 0.124 e. The second-order valence-corrected chi connectivity index (χ2v) is 5.16. The second kappa shape index (κ2) is 7.01. The number of nitrogens with one attached hydrogen (secondary N) is 1. The number of rotatable bonds is 3. The number of piperidine rings is 1. The Hall–Kier alpha value is -0.730. The van der Waals surface area contributed by atoms with E-state index in [1.807, 2.05) is 0 Å². The van der Waals surface area contributed by atoms with E-state index in [9.17, 15) is 0 Å². The van der Waals surface area contributed by atoms with Gasteiger partial charge in [0, 0.05) is 0 Å². The first kappa shape index (κ1) is 15.3. The maximum Gasteiger partial charge on any atom is 0.124 e. The van der Waals surface area contributed by atoms with Crippen molar-refractivity contribution in [1.82, 2.24) is 5.32 Å². The predicted molar refractivity (Wildman–Crippen MR) is 79.0 cm³/mol. The van der Waals surface area contributed by atoms with Crippen LogP contribution in [0, 0.1) is 19.8 Å². The Morgan fingerprint density at radius 3 is 2.22 bits per heavy atom. The van der Waals surface area contributed by atoms with Crippen molar-refractivity contribution in [1.29, 1.82) is 0 Å². The molecule has 1 fully saturated rings. The molecule has 0 amide bonds. The standard InChI is InChI=1S/C15H23NO.ClH/c1-11-8-14(9-12(2)15(11)17-3)10-13-4-6-16-7-5-13;/h8-9,13,16H,4-7,10H2,1-3H3;1H. The first-order valence-electron chi connectivity index (χ1n) is 6.55. The van der Waals surface area contributed by atoms with Crippen molar-refractivity contribution >= 4 is 12.4 Å². The van der Waals surface area contributed by atoms with Crippen LogP contribution in [0.25, 0.3) is 0 Å².